The first-order valence-corrected chi connectivity index (χ1v) is 13.9. The van der Waals surface area contributed by atoms with Crippen molar-refractivity contribution in [1.29, 1.82) is 0 Å². The number of aryl methyl sites for hydroxylation is 1. The van der Waals surface area contributed by atoms with E-state index in [0.29, 0.717) is 33.0 Å². The summed E-state index contributed by atoms with van der Waals surface area (Å²) in [6.45, 7) is 4.62. The molecule has 1 atom stereocenters. The SMILES string of the molecule is CCOC(=O)C1=C(C(F)(F)F)N=c2s/c(=C\c3ccc(-c4cc(C)c(C)c([N+](=O)[O-])c4)o3)c(=O)n2[C@H]1c1ccc(Cl)cc1. The van der Waals surface area contributed by atoms with Crippen LogP contribution in [-0.2, 0) is 9.53 Å². The van der Waals surface area contributed by atoms with Crippen molar-refractivity contribution in [2.24, 2.45) is 4.99 Å². The van der Waals surface area contributed by atoms with Gasteiger partial charge in [-0.15, -0.1) is 0 Å². The molecule has 0 radical (unpaired) electrons. The van der Waals surface area contributed by atoms with Gasteiger partial charge in [0.25, 0.3) is 11.2 Å². The number of furan rings is 1. The third-order valence-corrected chi connectivity index (χ3v) is 8.04. The number of thiazole rings is 1. The molecule has 9 nitrogen and oxygen atoms in total. The van der Waals surface area contributed by atoms with E-state index in [2.05, 4.69) is 4.99 Å². The number of alkyl halides is 3. The van der Waals surface area contributed by atoms with Crippen molar-refractivity contribution in [2.45, 2.75) is 33.0 Å². The Bertz CT molecular complexity index is 1990. The first kappa shape index (κ1) is 30.0. The van der Waals surface area contributed by atoms with Gasteiger partial charge in [-0.05, 0) is 62.2 Å². The monoisotopic (exact) mass is 631 g/mol. The fourth-order valence-electron chi connectivity index (χ4n) is 4.69. The number of hydrogen-bond donors (Lipinski definition) is 0. The summed E-state index contributed by atoms with van der Waals surface area (Å²) in [5.74, 6) is -0.802. The topological polar surface area (TPSA) is 117 Å². The van der Waals surface area contributed by atoms with Gasteiger partial charge in [0.2, 0.25) is 0 Å². The Morgan fingerprint density at radius 2 is 1.91 bits per heavy atom. The molecule has 5 rings (SSSR count). The van der Waals surface area contributed by atoms with E-state index < -0.39 is 39.9 Å². The van der Waals surface area contributed by atoms with E-state index in [1.165, 1.54) is 49.4 Å². The lowest BCUT2D eigenvalue weighted by Gasteiger charge is -2.26. The number of ether oxygens (including phenoxy) is 1. The number of nitro benzene ring substituents is 1. The normalized spacial score (nSPS) is 15.3. The lowest BCUT2D eigenvalue weighted by molar-refractivity contribution is -0.385. The Balaban J connectivity index is 1.69. The van der Waals surface area contributed by atoms with Crippen molar-refractivity contribution in [3.8, 4) is 11.3 Å². The molecule has 4 aromatic rings. The number of fused-ring (bicyclic) bond motifs is 1. The van der Waals surface area contributed by atoms with Gasteiger partial charge in [-0.2, -0.15) is 13.2 Å². The van der Waals surface area contributed by atoms with Crippen LogP contribution in [0.1, 0.15) is 35.4 Å². The van der Waals surface area contributed by atoms with Gasteiger partial charge in [-0.3, -0.25) is 19.5 Å². The van der Waals surface area contributed by atoms with Crippen molar-refractivity contribution in [2.75, 3.05) is 6.61 Å². The summed E-state index contributed by atoms with van der Waals surface area (Å²) in [6, 6.07) is 10.4. The Morgan fingerprint density at radius 1 is 1.21 bits per heavy atom. The van der Waals surface area contributed by atoms with E-state index in [1.54, 1.807) is 26.0 Å². The van der Waals surface area contributed by atoms with E-state index in [9.17, 15) is 32.9 Å². The zero-order valence-corrected chi connectivity index (χ0v) is 24.3. The van der Waals surface area contributed by atoms with Crippen molar-refractivity contribution < 1.29 is 32.0 Å². The molecule has 1 aliphatic heterocycles. The van der Waals surface area contributed by atoms with Crippen LogP contribution in [0.4, 0.5) is 18.9 Å². The van der Waals surface area contributed by atoms with Crippen LogP contribution in [0.3, 0.4) is 0 Å². The van der Waals surface area contributed by atoms with Gasteiger partial charge in [0.1, 0.15) is 11.5 Å². The van der Waals surface area contributed by atoms with Crippen LogP contribution >= 0.6 is 22.9 Å². The highest BCUT2D eigenvalue weighted by Crippen LogP contribution is 2.38. The Hall–Kier alpha value is -4.49. The summed E-state index contributed by atoms with van der Waals surface area (Å²) in [4.78, 5) is 41.1. The van der Waals surface area contributed by atoms with Gasteiger partial charge >= 0.3 is 12.1 Å². The lowest BCUT2D eigenvalue weighted by atomic mass is 9.95. The van der Waals surface area contributed by atoms with E-state index >= 15 is 0 Å². The fourth-order valence-corrected chi connectivity index (χ4v) is 5.80. The fraction of sp³-hybridized carbons (Fsp3) is 0.207. The quantitative estimate of drug-likeness (QED) is 0.151. The van der Waals surface area contributed by atoms with Gasteiger partial charge < -0.3 is 9.15 Å². The molecule has 0 unspecified atom stereocenters. The molecule has 0 spiro atoms. The minimum Gasteiger partial charge on any atom is -0.463 e. The second-order valence-corrected chi connectivity index (χ2v) is 11.0. The van der Waals surface area contributed by atoms with Crippen molar-refractivity contribution in [1.82, 2.24) is 4.57 Å². The van der Waals surface area contributed by atoms with Crippen LogP contribution in [0.15, 0.2) is 74.0 Å². The van der Waals surface area contributed by atoms with E-state index in [4.69, 9.17) is 20.8 Å². The van der Waals surface area contributed by atoms with Crippen molar-refractivity contribution >= 4 is 40.7 Å². The molecule has 14 heteroatoms. The van der Waals surface area contributed by atoms with Crippen LogP contribution in [-0.4, -0.2) is 28.2 Å². The molecule has 0 saturated carbocycles. The predicted molar refractivity (Wildman–Crippen MR) is 153 cm³/mol. The maximum atomic E-state index is 14.3. The maximum absolute atomic E-state index is 14.3. The van der Waals surface area contributed by atoms with Crippen LogP contribution in [0.2, 0.25) is 5.02 Å². The van der Waals surface area contributed by atoms with E-state index in [-0.39, 0.29) is 38.7 Å². The van der Waals surface area contributed by atoms with Crippen LogP contribution in [0, 0.1) is 24.0 Å². The number of hydrogen-bond acceptors (Lipinski definition) is 8. The molecule has 3 heterocycles. The highest BCUT2D eigenvalue weighted by Gasteiger charge is 2.45. The van der Waals surface area contributed by atoms with Crippen LogP contribution in [0.25, 0.3) is 17.4 Å². The number of aromatic nitrogens is 1. The second kappa shape index (κ2) is 11.3. The first-order chi connectivity index (χ1) is 20.3. The van der Waals surface area contributed by atoms with Gasteiger partial charge in [0.15, 0.2) is 10.5 Å². The molecule has 43 heavy (non-hydrogen) atoms. The van der Waals surface area contributed by atoms with Gasteiger partial charge in [-0.1, -0.05) is 35.1 Å². The molecule has 2 aromatic carbocycles. The van der Waals surface area contributed by atoms with Crippen molar-refractivity contribution in [3.05, 3.63) is 117 Å². The number of rotatable bonds is 6. The summed E-state index contributed by atoms with van der Waals surface area (Å²) in [7, 11) is 0. The summed E-state index contributed by atoms with van der Waals surface area (Å²) in [5.41, 5.74) is -1.27. The van der Waals surface area contributed by atoms with Gasteiger partial charge in [0, 0.05) is 28.3 Å². The third kappa shape index (κ3) is 5.65. The Morgan fingerprint density at radius 3 is 2.53 bits per heavy atom. The highest BCUT2D eigenvalue weighted by molar-refractivity contribution is 7.07. The molecule has 2 aromatic heterocycles. The average Bonchev–Trinajstić information content (AvgIpc) is 3.53. The molecular weight excluding hydrogens is 611 g/mol. The summed E-state index contributed by atoms with van der Waals surface area (Å²) in [5, 5.41) is 11.8. The Kier molecular flexibility index (Phi) is 7.88. The molecule has 1 aliphatic rings. The van der Waals surface area contributed by atoms with Crippen LogP contribution < -0.4 is 14.9 Å². The zero-order chi connectivity index (χ0) is 31.2. The van der Waals surface area contributed by atoms with Crippen molar-refractivity contribution in [3.63, 3.8) is 0 Å². The summed E-state index contributed by atoms with van der Waals surface area (Å²) >= 11 is 6.68. The van der Waals surface area contributed by atoms with E-state index in [1.807, 2.05) is 0 Å². The molecule has 0 aliphatic carbocycles. The van der Waals surface area contributed by atoms with Crippen LogP contribution in [0.5, 0.6) is 0 Å². The number of carbonyl (C=O) groups excluding carboxylic acids is 1. The molecule has 0 saturated heterocycles. The maximum Gasteiger partial charge on any atom is 0.434 e. The molecule has 0 bridgehead atoms. The lowest BCUT2D eigenvalue weighted by Crippen LogP contribution is -2.41. The number of halogens is 4. The summed E-state index contributed by atoms with van der Waals surface area (Å²) < 4.78 is 54.6. The zero-order valence-electron chi connectivity index (χ0n) is 22.7. The number of esters is 1. The molecule has 0 fully saturated rings. The largest absolute Gasteiger partial charge is 0.463 e. The minimum absolute atomic E-state index is 0.0173. The number of carbonyl (C=O) groups is 1. The molecule has 222 valence electrons. The number of nitrogens with zero attached hydrogens (tertiary/aromatic N) is 3. The van der Waals surface area contributed by atoms with Gasteiger partial charge in [-0.25, -0.2) is 9.79 Å². The predicted octanol–water partition coefficient (Wildman–Crippen LogP) is 5.78. The number of allylic oxidation sites excluding steroid dienone is 1. The standard InChI is InChI=1S/C29H21ClF3N3O6S/c1-4-41-27(38)23-24(16-5-7-18(30)8-6-16)35-26(37)22(43-28(35)34-25(23)29(31,32)33)13-19-9-10-21(42-19)17-11-14(2)15(3)20(12-17)36(39)40/h5-13,24H,4H2,1-3H3/b22-13-/t24-/m0/s1. The molecule has 0 N–H and O–H groups in total. The smallest absolute Gasteiger partial charge is 0.434 e. The highest BCUT2D eigenvalue weighted by atomic mass is 35.5. The molecule has 0 amide bonds. The first-order valence-electron chi connectivity index (χ1n) is 12.7. The second-order valence-electron chi connectivity index (χ2n) is 9.51. The average molecular weight is 632 g/mol. The minimum atomic E-state index is -5.04. The molecular formula is C29H21ClF3N3O6S. The number of benzene rings is 2. The third-order valence-electron chi connectivity index (χ3n) is 6.80. The van der Waals surface area contributed by atoms with E-state index in [0.717, 1.165) is 4.57 Å². The Labute approximate surface area is 250 Å². The number of nitro groups is 1. The summed E-state index contributed by atoms with van der Waals surface area (Å²) in [6.07, 6.45) is -3.70. The van der Waals surface area contributed by atoms with Gasteiger partial charge in [0.05, 0.1) is 27.7 Å².